The van der Waals surface area contributed by atoms with Gasteiger partial charge in [-0.05, 0) is 23.3 Å². The van der Waals surface area contributed by atoms with Crippen molar-refractivity contribution in [3.63, 3.8) is 0 Å². The van der Waals surface area contributed by atoms with E-state index in [1.54, 1.807) is 4.68 Å². The van der Waals surface area contributed by atoms with E-state index in [-0.39, 0.29) is 0 Å². The molecule has 7 heteroatoms. The Morgan fingerprint density at radius 3 is 3.05 bits per heavy atom. The monoisotopic (exact) mass is 281 g/mol. The normalized spacial score (nSPS) is 31.8. The van der Waals surface area contributed by atoms with Crippen molar-refractivity contribution in [1.29, 1.82) is 0 Å². The van der Waals surface area contributed by atoms with Gasteiger partial charge < -0.3 is 9.47 Å². The number of hydrogen-bond acceptors (Lipinski definition) is 6. The first-order valence-corrected chi connectivity index (χ1v) is 7.35. The van der Waals surface area contributed by atoms with E-state index in [0.717, 1.165) is 38.5 Å². The molecule has 1 aromatic rings. The molecule has 0 amide bonds. The zero-order valence-corrected chi connectivity index (χ0v) is 12.2. The molecule has 2 heterocycles. The van der Waals surface area contributed by atoms with Gasteiger partial charge in [0.15, 0.2) is 5.82 Å². The van der Waals surface area contributed by atoms with Gasteiger partial charge >= 0.3 is 0 Å². The van der Waals surface area contributed by atoms with E-state index < -0.39 is 0 Å². The highest BCUT2D eigenvalue weighted by Crippen LogP contribution is 2.34. The molecule has 3 rings (SSSR count). The standard InChI is InChI=1S/C13H23N5O2/c1-17-13(14-15-16-17)8-18-6-7-20-9-11(18)10-4-3-5-12(10)19-2/h10-12H,3-9H2,1-2H3/t10-,11+,12-/m1/s1. The number of aromatic nitrogens is 4. The second kappa shape index (κ2) is 6.15. The summed E-state index contributed by atoms with van der Waals surface area (Å²) in [5.74, 6) is 1.46. The van der Waals surface area contributed by atoms with Crippen LogP contribution < -0.4 is 0 Å². The number of nitrogens with zero attached hydrogens (tertiary/aromatic N) is 5. The fourth-order valence-corrected chi connectivity index (χ4v) is 3.50. The van der Waals surface area contributed by atoms with Gasteiger partial charge in [0.2, 0.25) is 0 Å². The smallest absolute Gasteiger partial charge is 0.165 e. The average molecular weight is 281 g/mol. The average Bonchev–Trinajstić information content (AvgIpc) is 3.09. The second-order valence-corrected chi connectivity index (χ2v) is 5.70. The Morgan fingerprint density at radius 1 is 1.40 bits per heavy atom. The number of tetrazole rings is 1. The zero-order valence-electron chi connectivity index (χ0n) is 12.2. The summed E-state index contributed by atoms with van der Waals surface area (Å²) >= 11 is 0. The van der Waals surface area contributed by atoms with Crippen molar-refractivity contribution in [2.45, 2.75) is 38.0 Å². The third kappa shape index (κ3) is 2.70. The summed E-state index contributed by atoms with van der Waals surface area (Å²) in [6.45, 7) is 3.29. The molecule has 1 aliphatic heterocycles. The molecule has 3 atom stereocenters. The van der Waals surface area contributed by atoms with E-state index in [9.17, 15) is 0 Å². The maximum absolute atomic E-state index is 5.71. The third-order valence-corrected chi connectivity index (χ3v) is 4.63. The summed E-state index contributed by atoms with van der Waals surface area (Å²) in [7, 11) is 3.71. The van der Waals surface area contributed by atoms with Crippen LogP contribution in [0.25, 0.3) is 0 Å². The molecule has 1 saturated heterocycles. The molecule has 112 valence electrons. The molecule has 1 saturated carbocycles. The van der Waals surface area contributed by atoms with Gasteiger partial charge in [-0.1, -0.05) is 6.42 Å². The molecule has 2 fully saturated rings. The highest BCUT2D eigenvalue weighted by atomic mass is 16.5. The summed E-state index contributed by atoms with van der Waals surface area (Å²) < 4.78 is 13.1. The molecule has 0 spiro atoms. The minimum atomic E-state index is 0.363. The van der Waals surface area contributed by atoms with Crippen LogP contribution in [0.1, 0.15) is 25.1 Å². The number of rotatable bonds is 4. The highest BCUT2D eigenvalue weighted by Gasteiger charge is 2.38. The van der Waals surface area contributed by atoms with Crippen LogP contribution in [0.5, 0.6) is 0 Å². The van der Waals surface area contributed by atoms with Crippen LogP contribution in [0.2, 0.25) is 0 Å². The van der Waals surface area contributed by atoms with Crippen LogP contribution >= 0.6 is 0 Å². The van der Waals surface area contributed by atoms with Crippen LogP contribution in [0, 0.1) is 5.92 Å². The lowest BCUT2D eigenvalue weighted by molar-refractivity contribution is -0.0619. The van der Waals surface area contributed by atoms with Crippen molar-refractivity contribution >= 4 is 0 Å². The number of morpholine rings is 1. The van der Waals surface area contributed by atoms with E-state index in [0.29, 0.717) is 18.1 Å². The molecule has 0 N–H and O–H groups in total. The predicted octanol–water partition coefficient (Wildman–Crippen LogP) is 0.226. The summed E-state index contributed by atoms with van der Waals surface area (Å²) in [5, 5.41) is 11.7. The van der Waals surface area contributed by atoms with Gasteiger partial charge in [0.1, 0.15) is 0 Å². The van der Waals surface area contributed by atoms with Gasteiger partial charge in [-0.25, -0.2) is 4.68 Å². The second-order valence-electron chi connectivity index (χ2n) is 5.70. The van der Waals surface area contributed by atoms with Gasteiger partial charge in [0.25, 0.3) is 0 Å². The topological polar surface area (TPSA) is 65.3 Å². The molecule has 0 aromatic carbocycles. The maximum Gasteiger partial charge on any atom is 0.165 e. The fraction of sp³-hybridized carbons (Fsp3) is 0.923. The first kappa shape index (κ1) is 13.9. The quantitative estimate of drug-likeness (QED) is 0.787. The molecule has 1 aliphatic carbocycles. The molecule has 7 nitrogen and oxygen atoms in total. The maximum atomic E-state index is 5.71. The molecule has 2 aliphatic rings. The molecule has 0 unspecified atom stereocenters. The molecule has 1 aromatic heterocycles. The Balaban J connectivity index is 1.72. The van der Waals surface area contributed by atoms with Gasteiger partial charge in [-0.3, -0.25) is 4.90 Å². The summed E-state index contributed by atoms with van der Waals surface area (Å²) in [4.78, 5) is 2.46. The summed E-state index contributed by atoms with van der Waals surface area (Å²) in [6.07, 6.45) is 4.00. The van der Waals surface area contributed by atoms with Crippen LogP contribution in [0.4, 0.5) is 0 Å². The lowest BCUT2D eigenvalue weighted by Gasteiger charge is -2.40. The molecular weight excluding hydrogens is 258 g/mol. The Kier molecular flexibility index (Phi) is 4.28. The molecular formula is C13H23N5O2. The summed E-state index contributed by atoms with van der Waals surface area (Å²) in [5.41, 5.74) is 0. The first-order chi connectivity index (χ1) is 9.79. The Morgan fingerprint density at radius 2 is 2.30 bits per heavy atom. The third-order valence-electron chi connectivity index (χ3n) is 4.63. The van der Waals surface area contributed by atoms with Crippen molar-refractivity contribution < 1.29 is 9.47 Å². The van der Waals surface area contributed by atoms with E-state index in [1.807, 2.05) is 14.2 Å². The van der Waals surface area contributed by atoms with E-state index >= 15 is 0 Å². The van der Waals surface area contributed by atoms with Gasteiger partial charge in [-0.2, -0.15) is 0 Å². The van der Waals surface area contributed by atoms with Crippen LogP contribution in [-0.4, -0.2) is 64.1 Å². The number of hydrogen-bond donors (Lipinski definition) is 0. The lowest BCUT2D eigenvalue weighted by atomic mass is 9.94. The van der Waals surface area contributed by atoms with Gasteiger partial charge in [0, 0.05) is 32.7 Å². The van der Waals surface area contributed by atoms with Gasteiger partial charge in [-0.15, -0.1) is 5.10 Å². The molecule has 0 radical (unpaired) electrons. The van der Waals surface area contributed by atoms with E-state index in [2.05, 4.69) is 20.4 Å². The largest absolute Gasteiger partial charge is 0.381 e. The number of ether oxygens (including phenoxy) is 2. The minimum Gasteiger partial charge on any atom is -0.381 e. The van der Waals surface area contributed by atoms with Crippen LogP contribution in [-0.2, 0) is 23.1 Å². The van der Waals surface area contributed by atoms with Crippen LogP contribution in [0.3, 0.4) is 0 Å². The van der Waals surface area contributed by atoms with Crippen molar-refractivity contribution in [3.05, 3.63) is 5.82 Å². The minimum absolute atomic E-state index is 0.363. The van der Waals surface area contributed by atoms with Crippen molar-refractivity contribution in [1.82, 2.24) is 25.1 Å². The Bertz CT molecular complexity index is 438. The fourth-order valence-electron chi connectivity index (χ4n) is 3.50. The SMILES string of the molecule is CO[C@@H]1CCC[C@@H]1[C@@H]1COCCN1Cc1nnnn1C. The molecule has 20 heavy (non-hydrogen) atoms. The van der Waals surface area contributed by atoms with Crippen LogP contribution in [0.15, 0.2) is 0 Å². The highest BCUT2D eigenvalue weighted by molar-refractivity contribution is 4.92. The lowest BCUT2D eigenvalue weighted by Crippen LogP contribution is -2.51. The van der Waals surface area contributed by atoms with Gasteiger partial charge in [0.05, 0.1) is 25.9 Å². The van der Waals surface area contributed by atoms with E-state index in [4.69, 9.17) is 9.47 Å². The van der Waals surface area contributed by atoms with Crippen molar-refractivity contribution in [2.24, 2.45) is 13.0 Å². The zero-order chi connectivity index (χ0) is 13.9. The first-order valence-electron chi connectivity index (χ1n) is 7.35. The number of methoxy groups -OCH3 is 1. The van der Waals surface area contributed by atoms with E-state index in [1.165, 1.54) is 12.8 Å². The number of aryl methyl sites for hydroxylation is 1. The van der Waals surface area contributed by atoms with Crippen molar-refractivity contribution in [2.75, 3.05) is 26.9 Å². The van der Waals surface area contributed by atoms with Crippen molar-refractivity contribution in [3.8, 4) is 0 Å². The summed E-state index contributed by atoms with van der Waals surface area (Å²) in [6, 6.07) is 0.410. The Hall–Kier alpha value is -1.05. The molecule has 0 bridgehead atoms. The Labute approximate surface area is 119 Å². The predicted molar refractivity (Wildman–Crippen MR) is 72.0 cm³/mol.